The molecule has 1 N–H and O–H groups in total. The van der Waals surface area contributed by atoms with Gasteiger partial charge in [-0.15, -0.1) is 16.7 Å². The SMILES string of the molecule is Cc1cc(C)n2nc(C(=O)Nc3ccccc3SC(Cl)C(F)(F)F)nc2n1. The zero-order valence-corrected chi connectivity index (χ0v) is 15.7. The van der Waals surface area contributed by atoms with E-state index in [9.17, 15) is 18.0 Å². The number of rotatable bonds is 4. The Kier molecular flexibility index (Phi) is 5.29. The van der Waals surface area contributed by atoms with Gasteiger partial charge in [0, 0.05) is 16.3 Å². The number of benzene rings is 1. The van der Waals surface area contributed by atoms with Crippen LogP contribution in [0.2, 0.25) is 0 Å². The largest absolute Gasteiger partial charge is 0.414 e. The number of para-hydroxylation sites is 1. The van der Waals surface area contributed by atoms with Gasteiger partial charge in [-0.1, -0.05) is 23.9 Å². The average Bonchev–Trinajstić information content (AvgIpc) is 3.00. The van der Waals surface area contributed by atoms with Crippen molar-refractivity contribution in [3.8, 4) is 0 Å². The molecule has 3 rings (SSSR count). The molecule has 0 radical (unpaired) electrons. The van der Waals surface area contributed by atoms with Crippen molar-refractivity contribution in [2.45, 2.75) is 29.6 Å². The van der Waals surface area contributed by atoms with E-state index in [-0.39, 0.29) is 22.2 Å². The number of hydrogen-bond acceptors (Lipinski definition) is 5. The van der Waals surface area contributed by atoms with Gasteiger partial charge in [-0.3, -0.25) is 4.79 Å². The number of halogens is 4. The number of nitrogens with zero attached hydrogens (tertiary/aromatic N) is 4. The summed E-state index contributed by atoms with van der Waals surface area (Å²) in [6.45, 7) is 3.58. The van der Waals surface area contributed by atoms with E-state index in [0.717, 1.165) is 11.4 Å². The molecular weight excluding hydrogens is 403 g/mol. The van der Waals surface area contributed by atoms with Gasteiger partial charge in [0.15, 0.2) is 4.71 Å². The molecule has 3 aromatic rings. The Morgan fingerprint density at radius 3 is 2.67 bits per heavy atom. The Labute approximate surface area is 161 Å². The Hall–Kier alpha value is -2.33. The smallest absolute Gasteiger partial charge is 0.318 e. The Morgan fingerprint density at radius 1 is 1.26 bits per heavy atom. The molecular formula is C16H13ClF3N5OS. The summed E-state index contributed by atoms with van der Waals surface area (Å²) in [6, 6.07) is 7.84. The van der Waals surface area contributed by atoms with E-state index in [1.165, 1.54) is 16.6 Å². The molecule has 1 aromatic carbocycles. The van der Waals surface area contributed by atoms with Crippen molar-refractivity contribution in [3.05, 3.63) is 47.5 Å². The molecule has 1 unspecified atom stereocenters. The summed E-state index contributed by atoms with van der Waals surface area (Å²) in [5.41, 5.74) is 1.65. The van der Waals surface area contributed by atoms with Gasteiger partial charge < -0.3 is 5.32 Å². The fourth-order valence-corrected chi connectivity index (χ4v) is 3.34. The number of hydrogen-bond donors (Lipinski definition) is 1. The van der Waals surface area contributed by atoms with Crippen LogP contribution in [-0.4, -0.2) is 36.4 Å². The number of fused-ring (bicyclic) bond motifs is 1. The minimum absolute atomic E-state index is 0.144. The number of aryl methyl sites for hydroxylation is 2. The monoisotopic (exact) mass is 415 g/mol. The Bertz CT molecular complexity index is 1010. The van der Waals surface area contributed by atoms with Crippen molar-refractivity contribution in [3.63, 3.8) is 0 Å². The minimum atomic E-state index is -4.58. The molecule has 2 heterocycles. The average molecular weight is 416 g/mol. The molecule has 1 atom stereocenters. The van der Waals surface area contributed by atoms with E-state index < -0.39 is 16.8 Å². The molecule has 0 bridgehead atoms. The third kappa shape index (κ3) is 4.33. The molecule has 11 heteroatoms. The zero-order valence-electron chi connectivity index (χ0n) is 14.1. The highest BCUT2D eigenvalue weighted by Crippen LogP contribution is 2.40. The second-order valence-corrected chi connectivity index (χ2v) is 7.45. The third-order valence-electron chi connectivity index (χ3n) is 3.44. The van der Waals surface area contributed by atoms with Gasteiger partial charge in [-0.25, -0.2) is 9.50 Å². The molecule has 0 fully saturated rings. The summed E-state index contributed by atoms with van der Waals surface area (Å²) < 4.78 is 37.4. The Morgan fingerprint density at radius 2 is 1.96 bits per heavy atom. The highest BCUT2D eigenvalue weighted by atomic mass is 35.5. The number of anilines is 1. The molecule has 0 aliphatic rings. The minimum Gasteiger partial charge on any atom is -0.318 e. The number of thioether (sulfide) groups is 1. The molecule has 6 nitrogen and oxygen atoms in total. The van der Waals surface area contributed by atoms with Crippen LogP contribution in [0.25, 0.3) is 5.78 Å². The van der Waals surface area contributed by atoms with Crippen LogP contribution in [0.3, 0.4) is 0 Å². The van der Waals surface area contributed by atoms with Crippen LogP contribution in [0.15, 0.2) is 35.2 Å². The van der Waals surface area contributed by atoms with Crippen molar-refractivity contribution < 1.29 is 18.0 Å². The highest BCUT2D eigenvalue weighted by molar-refractivity contribution is 8.01. The van der Waals surface area contributed by atoms with E-state index in [1.54, 1.807) is 32.0 Å². The quantitative estimate of drug-likeness (QED) is 0.510. The van der Waals surface area contributed by atoms with Crippen LogP contribution in [0.5, 0.6) is 0 Å². The van der Waals surface area contributed by atoms with Crippen molar-refractivity contribution >= 4 is 40.7 Å². The maximum absolute atomic E-state index is 12.7. The van der Waals surface area contributed by atoms with E-state index in [0.29, 0.717) is 11.8 Å². The maximum Gasteiger partial charge on any atom is 0.414 e. The number of carbonyl (C=O) groups excluding carboxylic acids is 1. The topological polar surface area (TPSA) is 72.2 Å². The van der Waals surface area contributed by atoms with Gasteiger partial charge in [0.05, 0.1) is 5.69 Å². The lowest BCUT2D eigenvalue weighted by Gasteiger charge is -2.15. The van der Waals surface area contributed by atoms with Crippen LogP contribution in [-0.2, 0) is 0 Å². The first-order valence-electron chi connectivity index (χ1n) is 7.64. The number of aromatic nitrogens is 4. The second kappa shape index (κ2) is 7.35. The van der Waals surface area contributed by atoms with Crippen LogP contribution < -0.4 is 5.32 Å². The molecule has 0 spiro atoms. The van der Waals surface area contributed by atoms with E-state index in [4.69, 9.17) is 11.6 Å². The summed E-state index contributed by atoms with van der Waals surface area (Å²) in [5, 5.41) is 6.62. The summed E-state index contributed by atoms with van der Waals surface area (Å²) in [6.07, 6.45) is -4.58. The lowest BCUT2D eigenvalue weighted by molar-refractivity contribution is -0.113. The molecule has 1 amide bonds. The van der Waals surface area contributed by atoms with Crippen LogP contribution >= 0.6 is 23.4 Å². The lowest BCUT2D eigenvalue weighted by atomic mass is 10.3. The number of amides is 1. The van der Waals surface area contributed by atoms with Gasteiger partial charge >= 0.3 is 6.18 Å². The fraction of sp³-hybridized carbons (Fsp3) is 0.250. The Balaban J connectivity index is 1.85. The molecule has 0 saturated carbocycles. The molecule has 27 heavy (non-hydrogen) atoms. The normalized spacial score (nSPS) is 13.0. The predicted octanol–water partition coefficient (Wildman–Crippen LogP) is 4.21. The van der Waals surface area contributed by atoms with E-state index in [2.05, 4.69) is 20.4 Å². The van der Waals surface area contributed by atoms with Gasteiger partial charge in [0.1, 0.15) is 0 Å². The van der Waals surface area contributed by atoms with E-state index >= 15 is 0 Å². The summed E-state index contributed by atoms with van der Waals surface area (Å²) in [7, 11) is 0. The first-order valence-corrected chi connectivity index (χ1v) is 8.95. The van der Waals surface area contributed by atoms with Crippen LogP contribution in [0, 0.1) is 13.8 Å². The fourth-order valence-electron chi connectivity index (χ4n) is 2.29. The highest BCUT2D eigenvalue weighted by Gasteiger charge is 2.39. The molecule has 0 aliphatic heterocycles. The first kappa shape index (κ1) is 19.4. The van der Waals surface area contributed by atoms with Gasteiger partial charge in [0.25, 0.3) is 11.7 Å². The maximum atomic E-state index is 12.7. The summed E-state index contributed by atoms with van der Waals surface area (Å²) >= 11 is 5.78. The molecule has 0 aliphatic carbocycles. The van der Waals surface area contributed by atoms with Gasteiger partial charge in [-0.05, 0) is 32.0 Å². The molecule has 142 valence electrons. The van der Waals surface area contributed by atoms with Crippen molar-refractivity contribution in [2.75, 3.05) is 5.32 Å². The van der Waals surface area contributed by atoms with Gasteiger partial charge in [0.2, 0.25) is 5.82 Å². The predicted molar refractivity (Wildman–Crippen MR) is 96.2 cm³/mol. The number of alkyl halides is 4. The van der Waals surface area contributed by atoms with Crippen molar-refractivity contribution in [1.82, 2.24) is 19.6 Å². The number of nitrogens with one attached hydrogen (secondary N) is 1. The third-order valence-corrected chi connectivity index (χ3v) is 5.04. The van der Waals surface area contributed by atoms with E-state index in [1.807, 2.05) is 0 Å². The molecule has 2 aromatic heterocycles. The second-order valence-electron chi connectivity index (χ2n) is 5.61. The number of carbonyl (C=O) groups is 1. The van der Waals surface area contributed by atoms with Crippen LogP contribution in [0.4, 0.5) is 18.9 Å². The summed E-state index contributed by atoms with van der Waals surface area (Å²) in [4.78, 5) is 20.9. The van der Waals surface area contributed by atoms with Crippen LogP contribution in [0.1, 0.15) is 22.0 Å². The van der Waals surface area contributed by atoms with Gasteiger partial charge in [-0.2, -0.15) is 18.2 Å². The van der Waals surface area contributed by atoms with Crippen molar-refractivity contribution in [2.24, 2.45) is 0 Å². The lowest BCUT2D eigenvalue weighted by Crippen LogP contribution is -2.20. The molecule has 0 saturated heterocycles. The zero-order chi connectivity index (χ0) is 19.8. The van der Waals surface area contributed by atoms with Crippen molar-refractivity contribution in [1.29, 1.82) is 0 Å². The standard InChI is InChI=1S/C16H13ClF3N5OS/c1-8-7-9(2)25-15(21-8)23-12(24-25)13(26)22-10-5-3-4-6-11(10)27-14(17)16(18,19)20/h3-7,14H,1-2H3,(H,22,26). The first-order chi connectivity index (χ1) is 12.6. The summed E-state index contributed by atoms with van der Waals surface area (Å²) in [5.74, 6) is -0.545.